The maximum absolute atomic E-state index is 13.1. The maximum atomic E-state index is 13.1. The van der Waals surface area contributed by atoms with Gasteiger partial charge in [0.1, 0.15) is 11.6 Å². The topological polar surface area (TPSA) is 63.4 Å². The number of nitrogen functional groups attached to an aromatic ring is 1. The third-order valence-electron chi connectivity index (χ3n) is 2.93. The number of hydrogen-bond acceptors (Lipinski definition) is 3. The number of likely N-dealkylation sites (tertiary alicyclic amines) is 1. The first-order valence-electron chi connectivity index (χ1n) is 5.79. The smallest absolute Gasteiger partial charge is 0.235 e. The summed E-state index contributed by atoms with van der Waals surface area (Å²) in [7, 11) is -1.59. The molecule has 2 rings (SSSR count). The zero-order valence-corrected chi connectivity index (χ0v) is 10.7. The largest absolute Gasteiger partial charge is 0.398 e. The first-order chi connectivity index (χ1) is 8.58. The summed E-state index contributed by atoms with van der Waals surface area (Å²) in [5.41, 5.74) is 5.89. The number of amides is 1. The molecular weight excluding hydrogens is 255 g/mol. The quantitative estimate of drug-likeness (QED) is 0.838. The van der Waals surface area contributed by atoms with E-state index in [0.29, 0.717) is 13.1 Å². The molecule has 18 heavy (non-hydrogen) atoms. The molecule has 1 saturated heterocycles. The minimum absolute atomic E-state index is 0.131. The van der Waals surface area contributed by atoms with Gasteiger partial charge >= 0.3 is 0 Å². The van der Waals surface area contributed by atoms with Gasteiger partial charge in [-0.1, -0.05) is 0 Å². The summed E-state index contributed by atoms with van der Waals surface area (Å²) in [5.74, 6) is -0.788. The molecule has 0 aliphatic carbocycles. The Balaban J connectivity index is 2.07. The second kappa shape index (κ2) is 5.48. The van der Waals surface area contributed by atoms with Gasteiger partial charge in [0.2, 0.25) is 5.91 Å². The number of rotatable bonds is 3. The summed E-state index contributed by atoms with van der Waals surface area (Å²) in [6, 6.07) is 3.70. The number of nitrogens with two attached hydrogens (primary N) is 1. The van der Waals surface area contributed by atoms with E-state index in [-0.39, 0.29) is 22.2 Å². The van der Waals surface area contributed by atoms with Crippen LogP contribution in [0.4, 0.5) is 10.1 Å². The van der Waals surface area contributed by atoms with Crippen molar-refractivity contribution in [3.05, 3.63) is 24.0 Å². The van der Waals surface area contributed by atoms with E-state index < -0.39 is 16.6 Å². The van der Waals surface area contributed by atoms with Gasteiger partial charge < -0.3 is 10.6 Å². The molecule has 1 aromatic rings. The lowest BCUT2D eigenvalue weighted by molar-refractivity contribution is -0.127. The Labute approximate surface area is 107 Å². The number of halogens is 1. The number of nitrogens with zero attached hydrogens (tertiary/aromatic N) is 1. The summed E-state index contributed by atoms with van der Waals surface area (Å²) in [5, 5.41) is 0. The molecule has 0 aromatic heterocycles. The number of anilines is 1. The number of carbonyl (C=O) groups excluding carboxylic acids is 1. The van der Waals surface area contributed by atoms with E-state index >= 15 is 0 Å². The Morgan fingerprint density at radius 3 is 2.72 bits per heavy atom. The van der Waals surface area contributed by atoms with Gasteiger partial charge in [-0.25, -0.2) is 4.39 Å². The van der Waals surface area contributed by atoms with E-state index in [4.69, 9.17) is 5.73 Å². The fraction of sp³-hybridized carbons (Fsp3) is 0.417. The first-order valence-corrected chi connectivity index (χ1v) is 7.11. The average Bonchev–Trinajstić information content (AvgIpc) is 2.85. The van der Waals surface area contributed by atoms with Crippen molar-refractivity contribution < 1.29 is 13.4 Å². The molecule has 0 bridgehead atoms. The fourth-order valence-corrected chi connectivity index (χ4v) is 3.09. The minimum atomic E-state index is -1.59. The van der Waals surface area contributed by atoms with Crippen LogP contribution in [0.15, 0.2) is 23.1 Å². The van der Waals surface area contributed by atoms with E-state index in [0.717, 1.165) is 18.9 Å². The highest BCUT2D eigenvalue weighted by Crippen LogP contribution is 2.18. The number of carbonyl (C=O) groups is 1. The molecule has 0 saturated carbocycles. The monoisotopic (exact) mass is 270 g/mol. The van der Waals surface area contributed by atoms with Crippen LogP contribution in [0.25, 0.3) is 0 Å². The molecule has 1 aromatic carbocycles. The van der Waals surface area contributed by atoms with E-state index in [9.17, 15) is 13.4 Å². The Bertz CT molecular complexity index is 487. The molecule has 1 heterocycles. The summed E-state index contributed by atoms with van der Waals surface area (Å²) in [6.45, 7) is 1.43. The van der Waals surface area contributed by atoms with Crippen molar-refractivity contribution in [2.24, 2.45) is 0 Å². The summed E-state index contributed by atoms with van der Waals surface area (Å²) in [6.07, 6.45) is 1.97. The Hall–Kier alpha value is -1.43. The van der Waals surface area contributed by atoms with Crippen molar-refractivity contribution in [1.29, 1.82) is 0 Å². The number of benzene rings is 1. The molecule has 1 fully saturated rings. The van der Waals surface area contributed by atoms with Crippen LogP contribution in [0.3, 0.4) is 0 Å². The van der Waals surface area contributed by atoms with Crippen molar-refractivity contribution in [3.8, 4) is 0 Å². The van der Waals surface area contributed by atoms with Crippen molar-refractivity contribution >= 4 is 22.4 Å². The highest BCUT2D eigenvalue weighted by molar-refractivity contribution is 7.86. The Morgan fingerprint density at radius 2 is 2.06 bits per heavy atom. The molecule has 1 unspecified atom stereocenters. The van der Waals surface area contributed by atoms with Gasteiger partial charge in [-0.05, 0) is 31.0 Å². The van der Waals surface area contributed by atoms with E-state index in [1.165, 1.54) is 12.1 Å². The zero-order chi connectivity index (χ0) is 13.1. The zero-order valence-electron chi connectivity index (χ0n) is 9.89. The van der Waals surface area contributed by atoms with Crippen LogP contribution in [-0.4, -0.2) is 33.9 Å². The van der Waals surface area contributed by atoms with Crippen LogP contribution < -0.4 is 5.73 Å². The van der Waals surface area contributed by atoms with Gasteiger partial charge in [-0.2, -0.15) is 0 Å². The van der Waals surface area contributed by atoms with Crippen LogP contribution in [0, 0.1) is 5.82 Å². The Morgan fingerprint density at radius 1 is 1.39 bits per heavy atom. The van der Waals surface area contributed by atoms with Gasteiger partial charge in [0.05, 0.1) is 15.7 Å². The molecule has 0 spiro atoms. The lowest BCUT2D eigenvalue weighted by atomic mass is 10.3. The minimum Gasteiger partial charge on any atom is -0.398 e. The highest BCUT2D eigenvalue weighted by Gasteiger charge is 2.21. The van der Waals surface area contributed by atoms with Crippen LogP contribution in [0.1, 0.15) is 12.8 Å². The van der Waals surface area contributed by atoms with E-state index in [1.807, 2.05) is 0 Å². The van der Waals surface area contributed by atoms with Gasteiger partial charge in [0.15, 0.2) is 0 Å². The predicted molar refractivity (Wildman–Crippen MR) is 67.9 cm³/mol. The second-order valence-electron chi connectivity index (χ2n) is 4.26. The molecule has 1 amide bonds. The molecule has 1 aliphatic heterocycles. The maximum Gasteiger partial charge on any atom is 0.235 e. The van der Waals surface area contributed by atoms with Gasteiger partial charge in [-0.3, -0.25) is 9.00 Å². The first kappa shape index (κ1) is 13.0. The summed E-state index contributed by atoms with van der Waals surface area (Å²) >= 11 is 0. The van der Waals surface area contributed by atoms with Crippen molar-refractivity contribution in [1.82, 2.24) is 4.90 Å². The lowest BCUT2D eigenvalue weighted by Crippen LogP contribution is -2.31. The number of hydrogen-bond donors (Lipinski definition) is 1. The van der Waals surface area contributed by atoms with Gasteiger partial charge in [0.25, 0.3) is 0 Å². The fourth-order valence-electron chi connectivity index (χ4n) is 1.95. The molecule has 1 aliphatic rings. The van der Waals surface area contributed by atoms with Crippen LogP contribution in [0.2, 0.25) is 0 Å². The SMILES string of the molecule is Nc1ccc(F)cc1S(=O)CC(=O)N1CCCC1. The average molecular weight is 270 g/mol. The predicted octanol–water partition coefficient (Wildman–Crippen LogP) is 1.14. The Kier molecular flexibility index (Phi) is 3.96. The molecule has 1 atom stereocenters. The molecule has 6 heteroatoms. The third-order valence-corrected chi connectivity index (χ3v) is 4.29. The van der Waals surface area contributed by atoms with Crippen LogP contribution >= 0.6 is 0 Å². The summed E-state index contributed by atoms with van der Waals surface area (Å²) < 4.78 is 25.1. The lowest BCUT2D eigenvalue weighted by Gasteiger charge is -2.15. The van der Waals surface area contributed by atoms with Gasteiger partial charge in [0, 0.05) is 18.8 Å². The van der Waals surface area contributed by atoms with Crippen LogP contribution in [-0.2, 0) is 15.6 Å². The third kappa shape index (κ3) is 2.87. The van der Waals surface area contributed by atoms with Crippen LogP contribution in [0.5, 0.6) is 0 Å². The molecule has 0 radical (unpaired) electrons. The molecule has 2 N–H and O–H groups in total. The second-order valence-corrected chi connectivity index (χ2v) is 5.68. The van der Waals surface area contributed by atoms with E-state index in [1.54, 1.807) is 4.90 Å². The normalized spacial score (nSPS) is 16.8. The standard InChI is InChI=1S/C12H15FN2O2S/c13-9-3-4-10(14)11(7-9)18(17)8-12(16)15-5-1-2-6-15/h3-4,7H,1-2,5-6,8,14H2. The van der Waals surface area contributed by atoms with Crippen molar-refractivity contribution in [2.45, 2.75) is 17.7 Å². The molecule has 4 nitrogen and oxygen atoms in total. The molecule has 98 valence electrons. The highest BCUT2D eigenvalue weighted by atomic mass is 32.2. The van der Waals surface area contributed by atoms with Crippen molar-refractivity contribution in [2.75, 3.05) is 24.6 Å². The molecular formula is C12H15FN2O2S. The van der Waals surface area contributed by atoms with E-state index in [2.05, 4.69) is 0 Å². The van der Waals surface area contributed by atoms with Crippen molar-refractivity contribution in [3.63, 3.8) is 0 Å². The summed E-state index contributed by atoms with van der Waals surface area (Å²) in [4.78, 5) is 13.7. The van der Waals surface area contributed by atoms with Gasteiger partial charge in [-0.15, -0.1) is 0 Å².